The molecule has 0 atom stereocenters. The quantitative estimate of drug-likeness (QED) is 0.850. The molecule has 0 unspecified atom stereocenters. The first-order chi connectivity index (χ1) is 10.3. The van der Waals surface area contributed by atoms with Crippen LogP contribution in [0.2, 0.25) is 0 Å². The molecule has 1 aromatic rings. The molecule has 22 heavy (non-hydrogen) atoms. The number of benzene rings is 1. The van der Waals surface area contributed by atoms with E-state index in [1.807, 2.05) is 25.1 Å². The molecule has 1 heterocycles. The van der Waals surface area contributed by atoms with Gasteiger partial charge in [0.05, 0.1) is 12.3 Å². The van der Waals surface area contributed by atoms with Gasteiger partial charge in [-0.25, -0.2) is 0 Å². The molecule has 0 saturated heterocycles. The predicted octanol–water partition coefficient (Wildman–Crippen LogP) is 0.998. The molecular formula is C16H22N2O4. The smallest absolute Gasteiger partial charge is 0.270 e. The third-order valence-electron chi connectivity index (χ3n) is 3.53. The maximum Gasteiger partial charge on any atom is 0.270 e. The summed E-state index contributed by atoms with van der Waals surface area (Å²) in [6.07, 6.45) is 0.176. The highest BCUT2D eigenvalue weighted by Gasteiger charge is 2.40. The number of aryl methyl sites for hydroxylation is 1. The number of aliphatic hydroxyl groups excluding tert-OH is 1. The average molecular weight is 306 g/mol. The molecule has 0 saturated carbocycles. The summed E-state index contributed by atoms with van der Waals surface area (Å²) in [4.78, 5) is 25.9. The zero-order chi connectivity index (χ0) is 16.3. The summed E-state index contributed by atoms with van der Waals surface area (Å²) in [5.74, 6) is 0.284. The van der Waals surface area contributed by atoms with Gasteiger partial charge >= 0.3 is 0 Å². The molecule has 1 aliphatic rings. The Morgan fingerprint density at radius 3 is 2.82 bits per heavy atom. The summed E-state index contributed by atoms with van der Waals surface area (Å²) in [7, 11) is 0. The van der Waals surface area contributed by atoms with E-state index in [1.54, 1.807) is 18.7 Å². The van der Waals surface area contributed by atoms with Gasteiger partial charge < -0.3 is 20.1 Å². The third-order valence-corrected chi connectivity index (χ3v) is 3.53. The Morgan fingerprint density at radius 2 is 2.14 bits per heavy atom. The highest BCUT2D eigenvalue weighted by molar-refractivity contribution is 6.02. The molecule has 0 bridgehead atoms. The van der Waals surface area contributed by atoms with Gasteiger partial charge in [0.25, 0.3) is 5.91 Å². The van der Waals surface area contributed by atoms with Crippen LogP contribution < -0.4 is 15.0 Å². The number of hydrogen-bond donors (Lipinski definition) is 2. The Labute approximate surface area is 130 Å². The van der Waals surface area contributed by atoms with Crippen molar-refractivity contribution in [2.75, 3.05) is 24.6 Å². The Morgan fingerprint density at radius 1 is 1.41 bits per heavy atom. The van der Waals surface area contributed by atoms with Crippen molar-refractivity contribution in [3.05, 3.63) is 23.8 Å². The van der Waals surface area contributed by atoms with Crippen molar-refractivity contribution in [3.8, 4) is 5.75 Å². The predicted molar refractivity (Wildman–Crippen MR) is 83.0 cm³/mol. The van der Waals surface area contributed by atoms with Gasteiger partial charge in [-0.05, 0) is 38.5 Å². The van der Waals surface area contributed by atoms with Gasteiger partial charge in [-0.1, -0.05) is 6.07 Å². The molecule has 2 amide bonds. The summed E-state index contributed by atoms with van der Waals surface area (Å²) in [6, 6.07) is 5.66. The zero-order valence-corrected chi connectivity index (χ0v) is 13.2. The second-order valence-electron chi connectivity index (χ2n) is 5.86. The lowest BCUT2D eigenvalue weighted by Crippen LogP contribution is -2.53. The van der Waals surface area contributed by atoms with E-state index in [0.717, 1.165) is 5.56 Å². The van der Waals surface area contributed by atoms with Crippen LogP contribution in [0.25, 0.3) is 0 Å². The highest BCUT2D eigenvalue weighted by atomic mass is 16.5. The fourth-order valence-electron chi connectivity index (χ4n) is 2.40. The van der Waals surface area contributed by atoms with E-state index in [9.17, 15) is 9.59 Å². The number of ether oxygens (including phenoxy) is 1. The van der Waals surface area contributed by atoms with Gasteiger partial charge in [-0.2, -0.15) is 0 Å². The molecule has 1 aromatic carbocycles. The molecule has 0 fully saturated rings. The van der Waals surface area contributed by atoms with Crippen molar-refractivity contribution in [2.24, 2.45) is 0 Å². The Kier molecular flexibility index (Phi) is 4.71. The summed E-state index contributed by atoms with van der Waals surface area (Å²) in [5.41, 5.74) is 0.757. The number of carbonyl (C=O) groups excluding carboxylic acids is 2. The van der Waals surface area contributed by atoms with Crippen molar-refractivity contribution >= 4 is 17.5 Å². The lowest BCUT2D eigenvalue weighted by atomic mass is 10.0. The number of anilines is 1. The number of rotatable bonds is 5. The number of aliphatic hydroxyl groups is 1. The maximum absolute atomic E-state index is 12.6. The van der Waals surface area contributed by atoms with E-state index < -0.39 is 5.60 Å². The second kappa shape index (κ2) is 6.36. The van der Waals surface area contributed by atoms with Crippen LogP contribution in [0, 0.1) is 6.92 Å². The fourth-order valence-corrected chi connectivity index (χ4v) is 2.40. The Bertz CT molecular complexity index is 584. The van der Waals surface area contributed by atoms with Crippen LogP contribution in [0.5, 0.6) is 5.75 Å². The van der Waals surface area contributed by atoms with Gasteiger partial charge in [0.15, 0.2) is 5.60 Å². The molecule has 6 heteroatoms. The van der Waals surface area contributed by atoms with Gasteiger partial charge in [0.1, 0.15) is 5.75 Å². The third kappa shape index (κ3) is 3.39. The van der Waals surface area contributed by atoms with E-state index in [4.69, 9.17) is 9.84 Å². The van der Waals surface area contributed by atoms with Crippen LogP contribution in [0.15, 0.2) is 18.2 Å². The molecule has 6 nitrogen and oxygen atoms in total. The normalized spacial score (nSPS) is 16.0. The number of hydrogen-bond acceptors (Lipinski definition) is 4. The van der Waals surface area contributed by atoms with Crippen molar-refractivity contribution in [3.63, 3.8) is 0 Å². The van der Waals surface area contributed by atoms with E-state index >= 15 is 0 Å². The minimum absolute atomic E-state index is 0.0999. The first-order valence-corrected chi connectivity index (χ1v) is 7.34. The monoisotopic (exact) mass is 306 g/mol. The van der Waals surface area contributed by atoms with Gasteiger partial charge in [-0.15, -0.1) is 0 Å². The lowest BCUT2D eigenvalue weighted by Gasteiger charge is -2.38. The van der Waals surface area contributed by atoms with Crippen molar-refractivity contribution in [1.29, 1.82) is 0 Å². The lowest BCUT2D eigenvalue weighted by molar-refractivity contribution is -0.132. The molecule has 2 rings (SSSR count). The number of amides is 2. The Hall–Kier alpha value is -2.08. The van der Waals surface area contributed by atoms with E-state index in [0.29, 0.717) is 11.4 Å². The van der Waals surface area contributed by atoms with Crippen LogP contribution in [0.4, 0.5) is 5.69 Å². The van der Waals surface area contributed by atoms with Gasteiger partial charge in [-0.3, -0.25) is 9.59 Å². The van der Waals surface area contributed by atoms with Crippen LogP contribution in [-0.4, -0.2) is 42.2 Å². The first-order valence-electron chi connectivity index (χ1n) is 7.34. The standard InChI is InChI=1S/C16H22N2O4/c1-11-4-5-13-12(10-11)18(15(21)16(2,3)22-13)8-6-14(20)17-7-9-19/h4-5,10,19H,6-9H2,1-3H3,(H,17,20). The molecule has 1 aliphatic heterocycles. The number of fused-ring (bicyclic) bond motifs is 1. The van der Waals surface area contributed by atoms with Gasteiger partial charge in [0.2, 0.25) is 5.91 Å². The van der Waals surface area contributed by atoms with E-state index in [-0.39, 0.29) is 37.9 Å². The number of nitrogens with zero attached hydrogens (tertiary/aromatic N) is 1. The van der Waals surface area contributed by atoms with Crippen molar-refractivity contribution < 1.29 is 19.4 Å². The second-order valence-corrected chi connectivity index (χ2v) is 5.86. The topological polar surface area (TPSA) is 78.9 Å². The molecular weight excluding hydrogens is 284 g/mol. The summed E-state index contributed by atoms with van der Waals surface area (Å²) in [6.45, 7) is 5.78. The van der Waals surface area contributed by atoms with Crippen LogP contribution in [0.1, 0.15) is 25.8 Å². The zero-order valence-electron chi connectivity index (χ0n) is 13.2. The highest BCUT2D eigenvalue weighted by Crippen LogP contribution is 2.38. The van der Waals surface area contributed by atoms with E-state index in [2.05, 4.69) is 5.32 Å². The number of carbonyl (C=O) groups is 2. The average Bonchev–Trinajstić information content (AvgIpc) is 2.46. The largest absolute Gasteiger partial charge is 0.476 e. The maximum atomic E-state index is 12.6. The van der Waals surface area contributed by atoms with Crippen molar-refractivity contribution in [1.82, 2.24) is 5.32 Å². The molecule has 0 aromatic heterocycles. The Balaban J connectivity index is 2.19. The van der Waals surface area contributed by atoms with E-state index in [1.165, 1.54) is 0 Å². The van der Waals surface area contributed by atoms with Crippen molar-refractivity contribution in [2.45, 2.75) is 32.8 Å². The summed E-state index contributed by atoms with van der Waals surface area (Å²) < 4.78 is 5.76. The number of nitrogens with one attached hydrogen (secondary N) is 1. The van der Waals surface area contributed by atoms with Crippen LogP contribution >= 0.6 is 0 Å². The van der Waals surface area contributed by atoms with Crippen LogP contribution in [0.3, 0.4) is 0 Å². The minimum atomic E-state index is -0.955. The molecule has 2 N–H and O–H groups in total. The molecule has 0 radical (unpaired) electrons. The van der Waals surface area contributed by atoms with Crippen LogP contribution in [-0.2, 0) is 9.59 Å². The molecule has 120 valence electrons. The summed E-state index contributed by atoms with van der Waals surface area (Å²) >= 11 is 0. The first kappa shape index (κ1) is 16.3. The van der Waals surface area contributed by atoms with Gasteiger partial charge in [0, 0.05) is 19.5 Å². The SMILES string of the molecule is Cc1ccc2c(c1)N(CCC(=O)NCCO)C(=O)C(C)(C)O2. The minimum Gasteiger partial charge on any atom is -0.476 e. The fraction of sp³-hybridized carbons (Fsp3) is 0.500. The molecule has 0 spiro atoms. The summed E-state index contributed by atoms with van der Waals surface area (Å²) in [5, 5.41) is 11.3. The molecule has 0 aliphatic carbocycles.